The number of rotatable bonds is 1. The topological polar surface area (TPSA) is 66.9 Å². The third-order valence-corrected chi connectivity index (χ3v) is 2.73. The van der Waals surface area contributed by atoms with Crippen LogP contribution in [0.1, 0.15) is 41.5 Å². The summed E-state index contributed by atoms with van der Waals surface area (Å²) in [5, 5.41) is 1.69. The third kappa shape index (κ3) is 2.36. The number of carbonyl (C=O) groups excluding carboxylic acids is 3. The number of fused-ring (bicyclic) bond motifs is 1. The Hall–Kier alpha value is -2.37. The zero-order valence-corrected chi connectivity index (χ0v) is 11.8. The smallest absolute Gasteiger partial charge is 0.429 e. The van der Waals surface area contributed by atoms with E-state index in [0.717, 1.165) is 10.0 Å². The van der Waals surface area contributed by atoms with Crippen LogP contribution in [0.2, 0.25) is 0 Å². The first-order valence-corrected chi connectivity index (χ1v) is 6.17. The molecule has 0 aromatic heterocycles. The molecule has 0 radical (unpaired) electrons. The Morgan fingerprint density at radius 3 is 1.95 bits per heavy atom. The molecule has 0 atom stereocenters. The first-order chi connectivity index (χ1) is 9.22. The number of hydrazine groups is 1. The fourth-order valence-electron chi connectivity index (χ4n) is 1.86. The molecule has 0 unspecified atom stereocenters. The van der Waals surface area contributed by atoms with Crippen molar-refractivity contribution in [2.45, 2.75) is 26.4 Å². The zero-order valence-electron chi connectivity index (χ0n) is 11.8. The van der Waals surface area contributed by atoms with Crippen LogP contribution < -0.4 is 0 Å². The summed E-state index contributed by atoms with van der Waals surface area (Å²) in [7, 11) is 1.33. The summed E-state index contributed by atoms with van der Waals surface area (Å²) in [4.78, 5) is 36.3. The van der Waals surface area contributed by atoms with Crippen molar-refractivity contribution in [3.63, 3.8) is 0 Å². The highest BCUT2D eigenvalue weighted by Gasteiger charge is 2.40. The van der Waals surface area contributed by atoms with Gasteiger partial charge >= 0.3 is 6.09 Å². The Kier molecular flexibility index (Phi) is 3.25. The minimum Gasteiger partial charge on any atom is -0.442 e. The normalized spacial score (nSPS) is 14.3. The van der Waals surface area contributed by atoms with Crippen LogP contribution in [0.5, 0.6) is 0 Å². The maximum Gasteiger partial charge on any atom is 0.429 e. The van der Waals surface area contributed by atoms with Gasteiger partial charge in [-0.05, 0) is 32.9 Å². The average Bonchev–Trinajstić information content (AvgIpc) is 2.60. The number of carbonyl (C=O) groups is 3. The summed E-state index contributed by atoms with van der Waals surface area (Å²) in [6.07, 6.45) is -0.757. The lowest BCUT2D eigenvalue weighted by Gasteiger charge is -2.29. The molecule has 106 valence electrons. The van der Waals surface area contributed by atoms with Crippen molar-refractivity contribution in [3.05, 3.63) is 35.4 Å². The van der Waals surface area contributed by atoms with Gasteiger partial charge in [0.1, 0.15) is 5.60 Å². The molecular formula is C14H16N2O4. The Morgan fingerprint density at radius 2 is 1.55 bits per heavy atom. The van der Waals surface area contributed by atoms with Gasteiger partial charge in [0.2, 0.25) is 0 Å². The van der Waals surface area contributed by atoms with Crippen LogP contribution in [0.3, 0.4) is 0 Å². The van der Waals surface area contributed by atoms with Crippen LogP contribution in [0.4, 0.5) is 4.79 Å². The van der Waals surface area contributed by atoms with Crippen LogP contribution in [0, 0.1) is 0 Å². The molecule has 1 aliphatic rings. The Bertz CT molecular complexity index is 554. The Morgan fingerprint density at radius 1 is 1.10 bits per heavy atom. The molecular weight excluding hydrogens is 260 g/mol. The number of hydrogen-bond acceptors (Lipinski definition) is 4. The molecule has 0 saturated heterocycles. The van der Waals surface area contributed by atoms with Gasteiger partial charge in [0.15, 0.2) is 0 Å². The lowest BCUT2D eigenvalue weighted by molar-refractivity contribution is -0.0191. The monoisotopic (exact) mass is 276 g/mol. The molecule has 1 aliphatic heterocycles. The van der Waals surface area contributed by atoms with Crippen molar-refractivity contribution in [2.75, 3.05) is 7.05 Å². The maximum atomic E-state index is 12.2. The largest absolute Gasteiger partial charge is 0.442 e. The SMILES string of the molecule is CN(C(=O)OC(C)(C)C)N1C(=O)c2ccccc2C1=O. The molecule has 20 heavy (non-hydrogen) atoms. The lowest BCUT2D eigenvalue weighted by atomic mass is 10.1. The molecule has 0 spiro atoms. The molecule has 0 N–H and O–H groups in total. The summed E-state index contributed by atoms with van der Waals surface area (Å²) in [6.45, 7) is 5.13. The fourth-order valence-corrected chi connectivity index (χ4v) is 1.86. The molecule has 2 rings (SSSR count). The molecule has 1 heterocycles. The first kappa shape index (κ1) is 14.0. The van der Waals surface area contributed by atoms with E-state index in [2.05, 4.69) is 0 Å². The van der Waals surface area contributed by atoms with Crippen molar-refractivity contribution in [2.24, 2.45) is 0 Å². The highest BCUT2D eigenvalue weighted by Crippen LogP contribution is 2.24. The molecule has 1 aromatic carbocycles. The van der Waals surface area contributed by atoms with E-state index in [1.165, 1.54) is 7.05 Å². The second-order valence-electron chi connectivity index (χ2n) is 5.47. The summed E-state index contributed by atoms with van der Waals surface area (Å²) < 4.78 is 5.15. The van der Waals surface area contributed by atoms with Crippen LogP contribution in [-0.2, 0) is 4.74 Å². The van der Waals surface area contributed by atoms with Crippen molar-refractivity contribution in [1.29, 1.82) is 0 Å². The summed E-state index contributed by atoms with van der Waals surface area (Å²) in [6, 6.07) is 6.44. The van der Waals surface area contributed by atoms with Gasteiger partial charge in [-0.1, -0.05) is 12.1 Å². The van der Waals surface area contributed by atoms with E-state index in [-0.39, 0.29) is 11.1 Å². The van der Waals surface area contributed by atoms with E-state index in [1.807, 2.05) is 0 Å². The van der Waals surface area contributed by atoms with Crippen LogP contribution in [-0.4, -0.2) is 40.6 Å². The predicted molar refractivity (Wildman–Crippen MR) is 70.9 cm³/mol. The highest BCUT2D eigenvalue weighted by molar-refractivity contribution is 6.21. The van der Waals surface area contributed by atoms with E-state index >= 15 is 0 Å². The van der Waals surface area contributed by atoms with Crippen molar-refractivity contribution in [3.8, 4) is 0 Å². The van der Waals surface area contributed by atoms with E-state index in [1.54, 1.807) is 45.0 Å². The van der Waals surface area contributed by atoms with Crippen molar-refractivity contribution >= 4 is 17.9 Å². The van der Waals surface area contributed by atoms with E-state index in [0.29, 0.717) is 0 Å². The van der Waals surface area contributed by atoms with E-state index in [9.17, 15) is 14.4 Å². The molecule has 0 aliphatic carbocycles. The fraction of sp³-hybridized carbons (Fsp3) is 0.357. The molecule has 3 amide bonds. The van der Waals surface area contributed by atoms with Gasteiger partial charge in [0.25, 0.3) is 11.8 Å². The van der Waals surface area contributed by atoms with Gasteiger partial charge in [0.05, 0.1) is 11.1 Å². The Balaban J connectivity index is 2.25. The number of amides is 3. The van der Waals surface area contributed by atoms with Crippen molar-refractivity contribution < 1.29 is 19.1 Å². The standard InChI is InChI=1S/C14H16N2O4/c1-14(2,3)20-13(19)15(4)16-11(17)9-7-5-6-8-10(9)12(16)18/h5-8H,1-4H3. The molecule has 1 aromatic rings. The summed E-state index contributed by atoms with van der Waals surface area (Å²) >= 11 is 0. The summed E-state index contributed by atoms with van der Waals surface area (Å²) in [5.74, 6) is -1.06. The summed E-state index contributed by atoms with van der Waals surface area (Å²) in [5.41, 5.74) is -0.134. The van der Waals surface area contributed by atoms with Gasteiger partial charge < -0.3 is 4.74 Å². The molecule has 6 nitrogen and oxygen atoms in total. The van der Waals surface area contributed by atoms with Gasteiger partial charge in [-0.25, -0.2) is 9.80 Å². The molecule has 0 bridgehead atoms. The molecule has 0 saturated carbocycles. The van der Waals surface area contributed by atoms with E-state index < -0.39 is 23.5 Å². The van der Waals surface area contributed by atoms with Gasteiger partial charge in [0, 0.05) is 7.05 Å². The Labute approximate surface area is 116 Å². The number of ether oxygens (including phenoxy) is 1. The van der Waals surface area contributed by atoms with Gasteiger partial charge in [-0.2, -0.15) is 5.01 Å². The second-order valence-corrected chi connectivity index (χ2v) is 5.47. The van der Waals surface area contributed by atoms with E-state index in [4.69, 9.17) is 4.74 Å². The quantitative estimate of drug-likeness (QED) is 0.736. The zero-order chi connectivity index (χ0) is 15.1. The maximum absolute atomic E-state index is 12.2. The minimum absolute atomic E-state index is 0.285. The van der Waals surface area contributed by atoms with Gasteiger partial charge in [-0.3, -0.25) is 9.59 Å². The van der Waals surface area contributed by atoms with Gasteiger partial charge in [-0.15, -0.1) is 0 Å². The van der Waals surface area contributed by atoms with Crippen LogP contribution in [0.25, 0.3) is 0 Å². The lowest BCUT2D eigenvalue weighted by Crippen LogP contribution is -2.48. The van der Waals surface area contributed by atoms with Crippen molar-refractivity contribution in [1.82, 2.24) is 10.0 Å². The first-order valence-electron chi connectivity index (χ1n) is 6.17. The second kappa shape index (κ2) is 4.63. The minimum atomic E-state index is -0.757. The molecule has 0 fully saturated rings. The number of hydrogen-bond donors (Lipinski definition) is 0. The number of imide groups is 1. The molecule has 6 heteroatoms. The van der Waals surface area contributed by atoms with Crippen LogP contribution >= 0.6 is 0 Å². The predicted octanol–water partition coefficient (Wildman–Crippen LogP) is 2.06. The third-order valence-electron chi connectivity index (χ3n) is 2.73. The van der Waals surface area contributed by atoms with Crippen LogP contribution in [0.15, 0.2) is 24.3 Å². The number of nitrogens with zero attached hydrogens (tertiary/aromatic N) is 2. The highest BCUT2D eigenvalue weighted by atomic mass is 16.6. The average molecular weight is 276 g/mol. The number of benzene rings is 1.